The van der Waals surface area contributed by atoms with Crippen molar-refractivity contribution in [3.63, 3.8) is 0 Å². The molecular formula is C6H8N9PS. The molecule has 2 heterocycles. The van der Waals surface area contributed by atoms with Crippen molar-refractivity contribution in [2.75, 3.05) is 0 Å². The van der Waals surface area contributed by atoms with Crippen LogP contribution in [0.5, 0.6) is 0 Å². The number of nitrogens with two attached hydrogens (primary N) is 1. The van der Waals surface area contributed by atoms with E-state index in [0.29, 0.717) is 0 Å². The standard InChI is InChI=1S/C6H8N9PS/c7-1-8-4-13-16(17,14-5-9-2-11-14)15-6-10-3-12-15/h1-6H,(H2,7,8,13,17). The summed E-state index contributed by atoms with van der Waals surface area (Å²) in [6, 6.07) is 0. The largest absolute Gasteiger partial charge is 0.390 e. The van der Waals surface area contributed by atoms with E-state index < -0.39 is 6.49 Å². The van der Waals surface area contributed by atoms with Gasteiger partial charge in [-0.3, -0.25) is 0 Å². The second-order valence-corrected chi connectivity index (χ2v) is 6.22. The summed E-state index contributed by atoms with van der Waals surface area (Å²) < 4.78 is 7.09. The summed E-state index contributed by atoms with van der Waals surface area (Å²) in [6.07, 6.45) is 8.09. The minimum Gasteiger partial charge on any atom is -0.390 e. The van der Waals surface area contributed by atoms with E-state index in [2.05, 4.69) is 29.9 Å². The molecule has 11 heteroatoms. The number of rotatable bonds is 4. The van der Waals surface area contributed by atoms with Crippen LogP contribution >= 0.6 is 6.49 Å². The van der Waals surface area contributed by atoms with Gasteiger partial charge in [0.1, 0.15) is 31.6 Å². The van der Waals surface area contributed by atoms with E-state index in [0.717, 1.165) is 6.34 Å². The lowest BCUT2D eigenvalue weighted by Crippen LogP contribution is -2.05. The van der Waals surface area contributed by atoms with Crippen molar-refractivity contribution in [2.45, 2.75) is 0 Å². The number of aliphatic imine (C=N–C) groups is 1. The SMILES string of the molecule is NC=NC=NP(=S)(n1cncn1)n1cncn1. The highest BCUT2D eigenvalue weighted by atomic mass is 32.4. The zero-order valence-electron chi connectivity index (χ0n) is 8.47. The summed E-state index contributed by atoms with van der Waals surface area (Å²) in [4.78, 5) is 11.4. The molecule has 0 aliphatic heterocycles. The van der Waals surface area contributed by atoms with Crippen LogP contribution in [-0.2, 0) is 11.8 Å². The predicted octanol–water partition coefficient (Wildman–Crippen LogP) is -0.494. The van der Waals surface area contributed by atoms with Crippen molar-refractivity contribution >= 4 is 31.0 Å². The van der Waals surface area contributed by atoms with Crippen molar-refractivity contribution in [2.24, 2.45) is 15.5 Å². The Balaban J connectivity index is 2.48. The van der Waals surface area contributed by atoms with Crippen LogP contribution in [0.1, 0.15) is 0 Å². The number of hydrogen-bond donors (Lipinski definition) is 1. The van der Waals surface area contributed by atoms with Crippen LogP contribution < -0.4 is 5.73 Å². The zero-order valence-corrected chi connectivity index (χ0v) is 10.2. The highest BCUT2D eigenvalue weighted by molar-refractivity contribution is 8.12. The highest BCUT2D eigenvalue weighted by Gasteiger charge is 2.22. The monoisotopic (exact) mass is 269 g/mol. The molecule has 0 aromatic carbocycles. The van der Waals surface area contributed by atoms with Gasteiger partial charge in [0.2, 0.25) is 0 Å². The fourth-order valence-electron chi connectivity index (χ4n) is 1.01. The molecule has 0 fully saturated rings. The van der Waals surface area contributed by atoms with E-state index in [9.17, 15) is 0 Å². The Hall–Kier alpha value is -1.93. The van der Waals surface area contributed by atoms with Gasteiger partial charge < -0.3 is 5.73 Å². The van der Waals surface area contributed by atoms with Crippen LogP contribution in [-0.4, -0.2) is 41.7 Å². The lowest BCUT2D eigenvalue weighted by Gasteiger charge is -2.15. The topological polar surface area (TPSA) is 112 Å². The number of aromatic nitrogens is 6. The molecule has 0 spiro atoms. The summed E-state index contributed by atoms with van der Waals surface area (Å²) in [6.45, 7) is -2.64. The highest BCUT2D eigenvalue weighted by Crippen LogP contribution is 2.47. The van der Waals surface area contributed by atoms with Gasteiger partial charge in [-0.2, -0.15) is 23.9 Å². The minimum absolute atomic E-state index is 1.12. The smallest absolute Gasteiger partial charge is 0.281 e. The van der Waals surface area contributed by atoms with Gasteiger partial charge >= 0.3 is 0 Å². The maximum absolute atomic E-state index is 5.48. The second kappa shape index (κ2) is 4.93. The van der Waals surface area contributed by atoms with E-state index >= 15 is 0 Å². The summed E-state index contributed by atoms with van der Waals surface area (Å²) >= 11 is 5.48. The summed E-state index contributed by atoms with van der Waals surface area (Å²) in [7, 11) is 0. The van der Waals surface area contributed by atoms with Crippen LogP contribution in [0.3, 0.4) is 0 Å². The van der Waals surface area contributed by atoms with Gasteiger partial charge in [0.25, 0.3) is 6.49 Å². The Morgan fingerprint density at radius 1 is 1.18 bits per heavy atom. The molecular weight excluding hydrogens is 261 g/mol. The van der Waals surface area contributed by atoms with Crippen molar-refractivity contribution < 1.29 is 0 Å². The zero-order chi connectivity index (χ0) is 12.1. The van der Waals surface area contributed by atoms with Gasteiger partial charge in [-0.1, -0.05) is 0 Å². The average molecular weight is 269 g/mol. The van der Waals surface area contributed by atoms with Crippen molar-refractivity contribution in [3.8, 4) is 0 Å². The molecule has 0 radical (unpaired) electrons. The molecule has 0 bridgehead atoms. The Kier molecular flexibility index (Phi) is 3.35. The first-order valence-electron chi connectivity index (χ1n) is 4.36. The lowest BCUT2D eigenvalue weighted by molar-refractivity contribution is 0.898. The van der Waals surface area contributed by atoms with Gasteiger partial charge in [0.15, 0.2) is 0 Å². The van der Waals surface area contributed by atoms with E-state index in [1.54, 1.807) is 0 Å². The third-order valence-electron chi connectivity index (χ3n) is 1.70. The first-order chi connectivity index (χ1) is 8.27. The third-order valence-corrected chi connectivity index (χ3v) is 4.87. The van der Waals surface area contributed by atoms with Crippen molar-refractivity contribution in [1.29, 1.82) is 0 Å². The van der Waals surface area contributed by atoms with Crippen molar-refractivity contribution in [1.82, 2.24) is 29.1 Å². The van der Waals surface area contributed by atoms with Gasteiger partial charge in [-0.05, 0) is 11.8 Å². The summed E-state index contributed by atoms with van der Waals surface area (Å²) in [5.74, 6) is 0. The molecule has 88 valence electrons. The molecule has 9 nitrogen and oxygen atoms in total. The van der Waals surface area contributed by atoms with Crippen LogP contribution in [0.2, 0.25) is 0 Å². The molecule has 2 aromatic rings. The molecule has 0 saturated carbocycles. The molecule has 17 heavy (non-hydrogen) atoms. The fourth-order valence-corrected chi connectivity index (χ4v) is 2.98. The lowest BCUT2D eigenvalue weighted by atomic mass is 11.2. The first kappa shape index (κ1) is 11.6. The molecule has 2 N–H and O–H groups in total. The number of hydrogen-bond acceptors (Lipinski definition) is 5. The Morgan fingerprint density at radius 2 is 1.76 bits per heavy atom. The van der Waals surface area contributed by atoms with Crippen LogP contribution in [0.15, 0.2) is 35.1 Å². The molecule has 2 aromatic heterocycles. The van der Waals surface area contributed by atoms with Crippen LogP contribution in [0.4, 0.5) is 0 Å². The molecule has 0 aliphatic carbocycles. The maximum Gasteiger partial charge on any atom is 0.281 e. The van der Waals surface area contributed by atoms with E-state index in [4.69, 9.17) is 17.5 Å². The normalized spacial score (nSPS) is 12.7. The molecule has 2 rings (SSSR count). The van der Waals surface area contributed by atoms with Gasteiger partial charge in [0.05, 0.1) is 6.34 Å². The quantitative estimate of drug-likeness (QED) is 0.455. The summed E-state index contributed by atoms with van der Waals surface area (Å²) in [5, 5.41) is 7.98. The first-order valence-corrected chi connectivity index (χ1v) is 7.02. The van der Waals surface area contributed by atoms with E-state index in [-0.39, 0.29) is 0 Å². The van der Waals surface area contributed by atoms with Crippen molar-refractivity contribution in [3.05, 3.63) is 25.3 Å². The Morgan fingerprint density at radius 3 is 2.18 bits per heavy atom. The van der Waals surface area contributed by atoms with Crippen LogP contribution in [0.25, 0.3) is 0 Å². The molecule has 0 amide bonds. The van der Waals surface area contributed by atoms with Gasteiger partial charge in [-0.25, -0.2) is 15.0 Å². The van der Waals surface area contributed by atoms with Gasteiger partial charge in [0, 0.05) is 0 Å². The maximum atomic E-state index is 5.48. The Labute approximate surface area is 101 Å². The molecule has 0 aliphatic rings. The van der Waals surface area contributed by atoms with Crippen LogP contribution in [0, 0.1) is 0 Å². The summed E-state index contributed by atoms with van der Waals surface area (Å²) in [5.41, 5.74) is 5.12. The average Bonchev–Trinajstić information content (AvgIpc) is 3.02. The number of nitrogens with zero attached hydrogens (tertiary/aromatic N) is 8. The molecule has 0 atom stereocenters. The second-order valence-electron chi connectivity index (χ2n) is 2.67. The van der Waals surface area contributed by atoms with E-state index in [1.807, 2.05) is 0 Å². The Bertz CT molecular complexity index is 518. The third kappa shape index (κ3) is 2.27. The molecule has 0 unspecified atom stereocenters. The fraction of sp³-hybridized carbons (Fsp3) is 0. The minimum atomic E-state index is -2.64. The van der Waals surface area contributed by atoms with E-state index in [1.165, 1.54) is 40.6 Å². The predicted molar refractivity (Wildman–Crippen MR) is 66.3 cm³/mol. The van der Waals surface area contributed by atoms with Gasteiger partial charge in [-0.15, -0.1) is 0 Å². The molecule has 0 saturated heterocycles.